The molecule has 0 radical (unpaired) electrons. The molecule has 0 aromatic carbocycles. The Labute approximate surface area is 275 Å². The molecule has 19 nitrogen and oxygen atoms in total. The maximum atomic E-state index is 13.1. The van der Waals surface area contributed by atoms with Crippen LogP contribution < -0.4 is 0 Å². The van der Waals surface area contributed by atoms with Gasteiger partial charge in [0.25, 0.3) is 0 Å². The number of hydrogen-bond acceptors (Lipinski definition) is 14. The lowest BCUT2D eigenvalue weighted by Gasteiger charge is -2.30. The van der Waals surface area contributed by atoms with Crippen LogP contribution in [0.15, 0.2) is 0 Å². The average molecular weight is 684 g/mol. The number of carbonyl (C=O) groups excluding carboxylic acids is 2. The van der Waals surface area contributed by atoms with Crippen molar-refractivity contribution in [2.24, 2.45) is 0 Å². The van der Waals surface area contributed by atoms with Gasteiger partial charge in [-0.1, -0.05) is 0 Å². The molecule has 0 aliphatic heterocycles. The lowest BCUT2D eigenvalue weighted by Crippen LogP contribution is -2.49. The van der Waals surface area contributed by atoms with E-state index in [0.717, 1.165) is 0 Å². The van der Waals surface area contributed by atoms with Gasteiger partial charge in [0, 0.05) is 66.6 Å². The maximum absolute atomic E-state index is 13.1. The molecular formula is C28H53N5O14. The zero-order valence-electron chi connectivity index (χ0n) is 27.5. The Hall–Kier alpha value is -3.01. The van der Waals surface area contributed by atoms with E-state index in [1.807, 2.05) is 0 Å². The molecule has 0 unspecified atom stereocenters. The fraction of sp³-hybridized carbons (Fsp3) is 0.821. The first-order chi connectivity index (χ1) is 22.5. The zero-order valence-corrected chi connectivity index (χ0v) is 27.5. The summed E-state index contributed by atoms with van der Waals surface area (Å²) in [5.41, 5.74) is 0. The van der Waals surface area contributed by atoms with E-state index in [-0.39, 0.29) is 118 Å². The molecule has 0 saturated heterocycles. The first-order valence-corrected chi connectivity index (χ1v) is 15.2. The molecule has 0 spiro atoms. The number of amides is 2. The summed E-state index contributed by atoms with van der Waals surface area (Å²) >= 11 is 0. The van der Waals surface area contributed by atoms with Crippen molar-refractivity contribution in [2.75, 3.05) is 152 Å². The van der Waals surface area contributed by atoms with Crippen LogP contribution in [-0.2, 0) is 42.9 Å². The Morgan fingerprint density at radius 1 is 0.447 bits per heavy atom. The van der Waals surface area contributed by atoms with Crippen molar-refractivity contribution in [3.8, 4) is 0 Å². The van der Waals surface area contributed by atoms with Crippen LogP contribution in [-0.4, -0.2) is 232 Å². The van der Waals surface area contributed by atoms with Gasteiger partial charge in [0.05, 0.1) is 85.6 Å². The lowest BCUT2D eigenvalue weighted by molar-refractivity contribution is -0.142. The lowest BCUT2D eigenvalue weighted by atomic mass is 10.3. The summed E-state index contributed by atoms with van der Waals surface area (Å²) in [5.74, 6) is -4.35. The van der Waals surface area contributed by atoms with Crippen LogP contribution >= 0.6 is 0 Å². The minimum atomic E-state index is -1.19. The van der Waals surface area contributed by atoms with Crippen molar-refractivity contribution in [3.05, 3.63) is 0 Å². The molecule has 274 valence electrons. The van der Waals surface area contributed by atoms with E-state index < -0.39 is 49.4 Å². The molecule has 0 fully saturated rings. The van der Waals surface area contributed by atoms with Crippen LogP contribution in [0.25, 0.3) is 0 Å². The van der Waals surface area contributed by atoms with Crippen LogP contribution in [0.5, 0.6) is 0 Å². The second-order valence-electron chi connectivity index (χ2n) is 10.3. The number of aliphatic carboxylic acids is 3. The molecule has 0 bridgehead atoms. The molecular weight excluding hydrogens is 630 g/mol. The molecule has 0 aliphatic rings. The number of carboxylic acids is 3. The molecule has 0 rings (SSSR count). The predicted molar refractivity (Wildman–Crippen MR) is 165 cm³/mol. The molecule has 2 amide bonds. The van der Waals surface area contributed by atoms with Gasteiger partial charge in [0.15, 0.2) is 0 Å². The van der Waals surface area contributed by atoms with Gasteiger partial charge in [0.2, 0.25) is 11.8 Å². The Morgan fingerprint density at radius 3 is 1.09 bits per heavy atom. The van der Waals surface area contributed by atoms with Crippen molar-refractivity contribution in [1.82, 2.24) is 24.5 Å². The fourth-order valence-corrected chi connectivity index (χ4v) is 4.23. The molecule has 5 N–H and O–H groups in total. The van der Waals surface area contributed by atoms with Crippen LogP contribution in [0, 0.1) is 0 Å². The summed E-state index contributed by atoms with van der Waals surface area (Å²) in [4.78, 5) is 68.0. The SMILES string of the molecule is COCCN(CCOCCO)C(=O)CN(CCN(CCN(CC(=O)O)CC(=O)N(CCOC)CCOCCO)CC(=O)O)CC(=O)O. The number of nitrogens with zero attached hydrogens (tertiary/aromatic N) is 5. The van der Waals surface area contributed by atoms with Gasteiger partial charge in [-0.15, -0.1) is 0 Å². The van der Waals surface area contributed by atoms with Gasteiger partial charge >= 0.3 is 17.9 Å². The minimum absolute atomic E-state index is 0.000939. The van der Waals surface area contributed by atoms with Gasteiger partial charge < -0.3 is 54.3 Å². The Balaban J connectivity index is 5.53. The molecule has 0 aromatic rings. The highest BCUT2D eigenvalue weighted by Gasteiger charge is 2.23. The molecule has 0 aromatic heterocycles. The summed E-state index contributed by atoms with van der Waals surface area (Å²) < 4.78 is 20.6. The number of hydrogen-bond donors (Lipinski definition) is 5. The molecule has 0 atom stereocenters. The number of carboxylic acid groups (broad SMARTS) is 3. The summed E-state index contributed by atoms with van der Waals surface area (Å²) in [6, 6.07) is 0. The quantitative estimate of drug-likeness (QED) is 0.0426. The number of methoxy groups -OCH3 is 2. The van der Waals surface area contributed by atoms with E-state index >= 15 is 0 Å². The van der Waals surface area contributed by atoms with E-state index in [4.69, 9.17) is 29.2 Å². The maximum Gasteiger partial charge on any atom is 0.317 e. The third kappa shape index (κ3) is 23.9. The van der Waals surface area contributed by atoms with E-state index in [1.165, 1.54) is 38.7 Å². The van der Waals surface area contributed by atoms with Crippen molar-refractivity contribution < 1.29 is 68.5 Å². The van der Waals surface area contributed by atoms with Gasteiger partial charge in [-0.2, -0.15) is 0 Å². The van der Waals surface area contributed by atoms with Crippen LogP contribution in [0.3, 0.4) is 0 Å². The largest absolute Gasteiger partial charge is 0.480 e. The number of ether oxygens (including phenoxy) is 4. The van der Waals surface area contributed by atoms with Gasteiger partial charge in [-0.05, 0) is 0 Å². The molecule has 0 heterocycles. The van der Waals surface area contributed by atoms with E-state index in [1.54, 1.807) is 0 Å². The monoisotopic (exact) mass is 683 g/mol. The smallest absolute Gasteiger partial charge is 0.317 e. The summed E-state index contributed by atoms with van der Waals surface area (Å²) in [5, 5.41) is 46.2. The third-order valence-electron chi connectivity index (χ3n) is 6.58. The summed E-state index contributed by atoms with van der Waals surface area (Å²) in [7, 11) is 2.94. The molecule has 0 aliphatic carbocycles. The van der Waals surface area contributed by atoms with Gasteiger partial charge in [-0.3, -0.25) is 38.7 Å². The first kappa shape index (κ1) is 44.0. The zero-order chi connectivity index (χ0) is 35.5. The first-order valence-electron chi connectivity index (χ1n) is 15.2. The highest BCUT2D eigenvalue weighted by atomic mass is 16.5. The van der Waals surface area contributed by atoms with Crippen LogP contribution in [0.2, 0.25) is 0 Å². The molecule has 47 heavy (non-hydrogen) atoms. The Bertz CT molecular complexity index is 838. The Morgan fingerprint density at radius 2 is 0.766 bits per heavy atom. The standard InChI is InChI=1S/C28H53N5O14/c1-44-13-7-32(9-15-46-17-11-34)24(36)19-30(22-27(40)41)5-3-29(21-26(38)39)4-6-31(23-28(42)43)20-25(37)33(8-14-45-2)10-16-47-18-12-35/h34-35H,3-23H2,1-2H3,(H,38,39)(H,40,41)(H,42,43). The Kier molecular flexibility index (Phi) is 26.2. The normalized spacial score (nSPS) is 11.4. The van der Waals surface area contributed by atoms with E-state index in [9.17, 15) is 39.3 Å². The van der Waals surface area contributed by atoms with Crippen LogP contribution in [0.1, 0.15) is 0 Å². The van der Waals surface area contributed by atoms with Crippen molar-refractivity contribution in [3.63, 3.8) is 0 Å². The molecule has 0 saturated carbocycles. The second kappa shape index (κ2) is 28.0. The summed E-state index contributed by atoms with van der Waals surface area (Å²) in [6.45, 7) is -0.521. The van der Waals surface area contributed by atoms with Gasteiger partial charge in [-0.25, -0.2) is 0 Å². The average Bonchev–Trinajstić information content (AvgIpc) is 3.00. The second-order valence-corrected chi connectivity index (χ2v) is 10.3. The number of carbonyl (C=O) groups is 5. The van der Waals surface area contributed by atoms with E-state index in [0.29, 0.717) is 0 Å². The van der Waals surface area contributed by atoms with Crippen molar-refractivity contribution in [1.29, 1.82) is 0 Å². The minimum Gasteiger partial charge on any atom is -0.480 e. The van der Waals surface area contributed by atoms with Gasteiger partial charge in [0.1, 0.15) is 0 Å². The number of aliphatic hydroxyl groups excluding tert-OH is 2. The highest BCUT2D eigenvalue weighted by molar-refractivity contribution is 5.80. The summed E-state index contributed by atoms with van der Waals surface area (Å²) in [6.07, 6.45) is 0. The highest BCUT2D eigenvalue weighted by Crippen LogP contribution is 2.02. The topological polar surface area (TPSA) is 240 Å². The van der Waals surface area contributed by atoms with E-state index in [2.05, 4.69) is 0 Å². The fourth-order valence-electron chi connectivity index (χ4n) is 4.23. The van der Waals surface area contributed by atoms with Crippen LogP contribution in [0.4, 0.5) is 0 Å². The van der Waals surface area contributed by atoms with Crippen molar-refractivity contribution in [2.45, 2.75) is 0 Å². The number of aliphatic hydroxyl groups is 2. The van der Waals surface area contributed by atoms with Crippen molar-refractivity contribution >= 4 is 29.7 Å². The third-order valence-corrected chi connectivity index (χ3v) is 6.58. The number of rotatable bonds is 32. The predicted octanol–water partition coefficient (Wildman–Crippen LogP) is -3.89. The molecule has 19 heteroatoms.